The van der Waals surface area contributed by atoms with Crippen molar-refractivity contribution in [3.05, 3.63) is 52.0 Å². The van der Waals surface area contributed by atoms with Crippen LogP contribution in [0.1, 0.15) is 27.0 Å². The second-order valence-electron chi connectivity index (χ2n) is 5.58. The summed E-state index contributed by atoms with van der Waals surface area (Å²) < 4.78 is 5.44. The Labute approximate surface area is 140 Å². The van der Waals surface area contributed by atoms with Crippen LogP contribution in [0.2, 0.25) is 0 Å². The molecule has 122 valence electrons. The third-order valence-electron chi connectivity index (χ3n) is 3.99. The number of pyridine rings is 1. The zero-order chi connectivity index (χ0) is 16.1. The molecule has 3 rings (SSSR count). The van der Waals surface area contributed by atoms with E-state index in [1.165, 1.54) is 4.88 Å². The minimum atomic E-state index is -0.0766. The van der Waals surface area contributed by atoms with Gasteiger partial charge < -0.3 is 10.1 Å². The number of aromatic nitrogens is 1. The van der Waals surface area contributed by atoms with Crippen molar-refractivity contribution in [2.75, 3.05) is 32.8 Å². The molecule has 2 aromatic rings. The SMILES string of the molecule is Cc1ccc(C(=O)NCC(c2cccs2)N2CCOCC2)cn1. The lowest BCUT2D eigenvalue weighted by Gasteiger charge is -2.34. The number of hydrogen-bond donors (Lipinski definition) is 1. The van der Waals surface area contributed by atoms with Gasteiger partial charge in [-0.3, -0.25) is 14.7 Å². The molecule has 3 heterocycles. The van der Waals surface area contributed by atoms with Gasteiger partial charge in [0, 0.05) is 36.4 Å². The van der Waals surface area contributed by atoms with Gasteiger partial charge in [-0.15, -0.1) is 11.3 Å². The summed E-state index contributed by atoms with van der Waals surface area (Å²) in [5.74, 6) is -0.0766. The minimum absolute atomic E-state index is 0.0766. The van der Waals surface area contributed by atoms with E-state index in [-0.39, 0.29) is 11.9 Å². The molecule has 1 aliphatic heterocycles. The molecule has 0 radical (unpaired) electrons. The topological polar surface area (TPSA) is 54.5 Å². The second kappa shape index (κ2) is 7.68. The van der Waals surface area contributed by atoms with Crippen molar-refractivity contribution < 1.29 is 9.53 Å². The van der Waals surface area contributed by atoms with E-state index >= 15 is 0 Å². The fraction of sp³-hybridized carbons (Fsp3) is 0.412. The first-order chi connectivity index (χ1) is 11.2. The van der Waals surface area contributed by atoms with Gasteiger partial charge in [0.25, 0.3) is 5.91 Å². The van der Waals surface area contributed by atoms with E-state index in [4.69, 9.17) is 4.74 Å². The van der Waals surface area contributed by atoms with E-state index in [9.17, 15) is 4.79 Å². The molecule has 1 amide bonds. The van der Waals surface area contributed by atoms with Gasteiger partial charge >= 0.3 is 0 Å². The highest BCUT2D eigenvalue weighted by molar-refractivity contribution is 7.10. The average Bonchev–Trinajstić information content (AvgIpc) is 3.11. The van der Waals surface area contributed by atoms with Crippen molar-refractivity contribution in [3.63, 3.8) is 0 Å². The third-order valence-corrected chi connectivity index (χ3v) is 4.96. The van der Waals surface area contributed by atoms with Crippen LogP contribution in [0.5, 0.6) is 0 Å². The number of morpholine rings is 1. The molecule has 1 aliphatic rings. The van der Waals surface area contributed by atoms with Gasteiger partial charge in [0.1, 0.15) is 0 Å². The van der Waals surface area contributed by atoms with Gasteiger partial charge in [0.15, 0.2) is 0 Å². The first kappa shape index (κ1) is 16.1. The Bertz CT molecular complexity index is 622. The summed E-state index contributed by atoms with van der Waals surface area (Å²) in [4.78, 5) is 20.2. The number of ether oxygens (including phenoxy) is 1. The summed E-state index contributed by atoms with van der Waals surface area (Å²) in [6, 6.07) is 8.05. The van der Waals surface area contributed by atoms with Crippen molar-refractivity contribution in [1.29, 1.82) is 0 Å². The fourth-order valence-corrected chi connectivity index (χ4v) is 3.53. The molecule has 0 aliphatic carbocycles. The van der Waals surface area contributed by atoms with Crippen LogP contribution in [0.25, 0.3) is 0 Å². The number of aryl methyl sites for hydroxylation is 1. The maximum atomic E-state index is 12.3. The highest BCUT2D eigenvalue weighted by Crippen LogP contribution is 2.25. The second-order valence-corrected chi connectivity index (χ2v) is 6.56. The molecule has 1 atom stereocenters. The molecule has 2 aromatic heterocycles. The lowest BCUT2D eigenvalue weighted by atomic mass is 10.1. The number of amides is 1. The summed E-state index contributed by atoms with van der Waals surface area (Å²) in [5, 5.41) is 5.13. The maximum Gasteiger partial charge on any atom is 0.252 e. The van der Waals surface area contributed by atoms with E-state index in [0.29, 0.717) is 12.1 Å². The number of nitrogens with zero attached hydrogens (tertiary/aromatic N) is 2. The normalized spacial score (nSPS) is 16.9. The van der Waals surface area contributed by atoms with E-state index in [2.05, 4.69) is 32.7 Å². The summed E-state index contributed by atoms with van der Waals surface area (Å²) >= 11 is 1.73. The number of rotatable bonds is 5. The van der Waals surface area contributed by atoms with Crippen LogP contribution >= 0.6 is 11.3 Å². The quantitative estimate of drug-likeness (QED) is 0.913. The maximum absolute atomic E-state index is 12.3. The highest BCUT2D eigenvalue weighted by atomic mass is 32.1. The Hall–Kier alpha value is -1.76. The molecule has 1 unspecified atom stereocenters. The monoisotopic (exact) mass is 331 g/mol. The largest absolute Gasteiger partial charge is 0.379 e. The Balaban J connectivity index is 1.66. The predicted octanol–water partition coefficient (Wildman–Crippen LogP) is 2.25. The summed E-state index contributed by atoms with van der Waals surface area (Å²) in [7, 11) is 0. The molecule has 0 bridgehead atoms. The molecule has 0 aromatic carbocycles. The van der Waals surface area contributed by atoms with Gasteiger partial charge in [0.05, 0.1) is 24.8 Å². The molecule has 1 fully saturated rings. The fourth-order valence-electron chi connectivity index (χ4n) is 2.67. The van der Waals surface area contributed by atoms with Gasteiger partial charge in [0.2, 0.25) is 0 Å². The van der Waals surface area contributed by atoms with Crippen molar-refractivity contribution >= 4 is 17.2 Å². The molecular weight excluding hydrogens is 310 g/mol. The van der Waals surface area contributed by atoms with Crippen LogP contribution in [0, 0.1) is 6.92 Å². The summed E-state index contributed by atoms with van der Waals surface area (Å²) in [6.45, 7) is 5.78. The van der Waals surface area contributed by atoms with Gasteiger partial charge in [-0.1, -0.05) is 6.07 Å². The smallest absolute Gasteiger partial charge is 0.252 e. The summed E-state index contributed by atoms with van der Waals surface area (Å²) in [6.07, 6.45) is 1.62. The third kappa shape index (κ3) is 4.16. The first-order valence-corrected chi connectivity index (χ1v) is 8.68. The van der Waals surface area contributed by atoms with Crippen molar-refractivity contribution in [3.8, 4) is 0 Å². The number of nitrogens with one attached hydrogen (secondary N) is 1. The molecule has 1 saturated heterocycles. The number of thiophene rings is 1. The van der Waals surface area contributed by atoms with Crippen LogP contribution in [-0.4, -0.2) is 48.6 Å². The van der Waals surface area contributed by atoms with Gasteiger partial charge in [-0.05, 0) is 30.5 Å². The summed E-state index contributed by atoms with van der Waals surface area (Å²) in [5.41, 5.74) is 1.51. The molecule has 0 spiro atoms. The van der Waals surface area contributed by atoms with Crippen molar-refractivity contribution in [2.24, 2.45) is 0 Å². The minimum Gasteiger partial charge on any atom is -0.379 e. The van der Waals surface area contributed by atoms with E-state index in [1.54, 1.807) is 17.5 Å². The molecule has 1 N–H and O–H groups in total. The molecule has 6 heteroatoms. The zero-order valence-electron chi connectivity index (χ0n) is 13.2. The van der Waals surface area contributed by atoms with E-state index in [0.717, 1.165) is 32.0 Å². The zero-order valence-corrected chi connectivity index (χ0v) is 14.0. The Morgan fingerprint density at radius 3 is 2.87 bits per heavy atom. The first-order valence-electron chi connectivity index (χ1n) is 7.80. The van der Waals surface area contributed by atoms with E-state index < -0.39 is 0 Å². The Morgan fingerprint density at radius 2 is 2.22 bits per heavy atom. The standard InChI is InChI=1S/C17H21N3O2S/c1-13-4-5-14(11-18-13)17(21)19-12-15(16-3-2-10-23-16)20-6-8-22-9-7-20/h2-5,10-11,15H,6-9,12H2,1H3,(H,19,21). The van der Waals surface area contributed by atoms with Crippen molar-refractivity contribution in [2.45, 2.75) is 13.0 Å². The molecule has 0 saturated carbocycles. The Kier molecular flexibility index (Phi) is 5.38. The van der Waals surface area contributed by atoms with Crippen LogP contribution in [0.4, 0.5) is 0 Å². The van der Waals surface area contributed by atoms with Crippen LogP contribution in [-0.2, 0) is 4.74 Å². The molecule has 23 heavy (non-hydrogen) atoms. The van der Waals surface area contributed by atoms with E-state index in [1.807, 2.05) is 19.1 Å². The average molecular weight is 331 g/mol. The van der Waals surface area contributed by atoms with Crippen LogP contribution in [0.3, 0.4) is 0 Å². The van der Waals surface area contributed by atoms with Gasteiger partial charge in [-0.25, -0.2) is 0 Å². The Morgan fingerprint density at radius 1 is 1.39 bits per heavy atom. The number of carbonyl (C=O) groups is 1. The van der Waals surface area contributed by atoms with Crippen molar-refractivity contribution in [1.82, 2.24) is 15.2 Å². The van der Waals surface area contributed by atoms with Crippen LogP contribution < -0.4 is 5.32 Å². The lowest BCUT2D eigenvalue weighted by Crippen LogP contribution is -2.43. The number of carbonyl (C=O) groups excluding carboxylic acids is 1. The molecule has 5 nitrogen and oxygen atoms in total. The van der Waals surface area contributed by atoms with Gasteiger partial charge in [-0.2, -0.15) is 0 Å². The lowest BCUT2D eigenvalue weighted by molar-refractivity contribution is 0.0169. The molecular formula is C17H21N3O2S. The number of hydrogen-bond acceptors (Lipinski definition) is 5. The predicted molar refractivity (Wildman–Crippen MR) is 90.8 cm³/mol. The highest BCUT2D eigenvalue weighted by Gasteiger charge is 2.24. The van der Waals surface area contributed by atoms with Crippen LogP contribution in [0.15, 0.2) is 35.8 Å².